The second kappa shape index (κ2) is 6.65. The summed E-state index contributed by atoms with van der Waals surface area (Å²) in [7, 11) is 0. The molecule has 0 aromatic heterocycles. The van der Waals surface area contributed by atoms with Crippen LogP contribution in [-0.2, 0) is 4.79 Å². The number of carbonyl (C=O) groups excluding carboxylic acids is 1. The Morgan fingerprint density at radius 3 is 2.60 bits per heavy atom. The number of rotatable bonds is 4. The van der Waals surface area contributed by atoms with E-state index in [0.717, 1.165) is 24.8 Å². The van der Waals surface area contributed by atoms with Gasteiger partial charge in [0.05, 0.1) is 0 Å². The number of allylic oxidation sites excluding steroid dienone is 1. The largest absolute Gasteiger partial charge is 0.353 e. The maximum Gasteiger partial charge on any atom is 0.243 e. The first-order valence-corrected chi connectivity index (χ1v) is 6.13. The van der Waals surface area contributed by atoms with E-state index in [2.05, 4.69) is 12.2 Å². The zero-order valence-corrected chi connectivity index (χ0v) is 9.96. The van der Waals surface area contributed by atoms with Crippen molar-refractivity contribution in [3.05, 3.63) is 12.2 Å². The summed E-state index contributed by atoms with van der Waals surface area (Å²) in [6.45, 7) is 5.04. The molecule has 1 amide bonds. The zero-order valence-electron chi connectivity index (χ0n) is 9.96. The van der Waals surface area contributed by atoms with E-state index in [9.17, 15) is 4.79 Å². The molecule has 86 valence electrons. The molecule has 1 rings (SSSR count). The highest BCUT2D eigenvalue weighted by Crippen LogP contribution is 2.29. The molecule has 1 aliphatic rings. The van der Waals surface area contributed by atoms with Crippen molar-refractivity contribution >= 4 is 5.91 Å². The molecule has 0 heterocycles. The van der Waals surface area contributed by atoms with E-state index >= 15 is 0 Å². The lowest BCUT2D eigenvalue weighted by Crippen LogP contribution is -2.25. The standard InChI is InChI=1S/C13H23NO/c1-3-4-13(15)14-10-9-12-7-5-11(2)6-8-12/h3-4,11-12H,5-10H2,1-2H3,(H,14,15). The number of nitrogens with one attached hydrogen (secondary N) is 1. The highest BCUT2D eigenvalue weighted by Gasteiger charge is 2.17. The first kappa shape index (κ1) is 12.3. The Hall–Kier alpha value is -0.790. The van der Waals surface area contributed by atoms with E-state index in [4.69, 9.17) is 0 Å². The summed E-state index contributed by atoms with van der Waals surface area (Å²) in [5.74, 6) is 1.80. The average Bonchev–Trinajstić information content (AvgIpc) is 2.21. The minimum atomic E-state index is 0.0432. The van der Waals surface area contributed by atoms with Crippen LogP contribution in [0, 0.1) is 11.8 Å². The molecule has 0 aromatic carbocycles. The summed E-state index contributed by atoms with van der Waals surface area (Å²) in [6, 6.07) is 0. The second-order valence-electron chi connectivity index (χ2n) is 4.71. The van der Waals surface area contributed by atoms with Crippen LogP contribution in [0.25, 0.3) is 0 Å². The Morgan fingerprint density at radius 1 is 1.33 bits per heavy atom. The SMILES string of the molecule is CC=CC(=O)NCCC1CCC(C)CC1. The van der Waals surface area contributed by atoms with Crippen molar-refractivity contribution in [1.29, 1.82) is 0 Å². The van der Waals surface area contributed by atoms with Crippen molar-refractivity contribution in [3.63, 3.8) is 0 Å². The number of carbonyl (C=O) groups is 1. The third-order valence-corrected chi connectivity index (χ3v) is 3.31. The van der Waals surface area contributed by atoms with Crippen LogP contribution in [0.1, 0.15) is 46.0 Å². The van der Waals surface area contributed by atoms with Crippen LogP contribution in [0.2, 0.25) is 0 Å². The van der Waals surface area contributed by atoms with Gasteiger partial charge in [0, 0.05) is 6.54 Å². The van der Waals surface area contributed by atoms with Gasteiger partial charge in [0.15, 0.2) is 0 Å². The molecule has 0 saturated heterocycles. The molecule has 2 nitrogen and oxygen atoms in total. The topological polar surface area (TPSA) is 29.1 Å². The fraction of sp³-hybridized carbons (Fsp3) is 0.769. The lowest BCUT2D eigenvalue weighted by Gasteiger charge is -2.25. The lowest BCUT2D eigenvalue weighted by molar-refractivity contribution is -0.116. The summed E-state index contributed by atoms with van der Waals surface area (Å²) in [4.78, 5) is 11.1. The molecule has 0 atom stereocenters. The van der Waals surface area contributed by atoms with Crippen molar-refractivity contribution in [1.82, 2.24) is 5.32 Å². The average molecular weight is 209 g/mol. The van der Waals surface area contributed by atoms with Gasteiger partial charge in [-0.25, -0.2) is 0 Å². The van der Waals surface area contributed by atoms with Gasteiger partial charge in [0.1, 0.15) is 0 Å². The summed E-state index contributed by atoms with van der Waals surface area (Å²) in [6.07, 6.45) is 9.94. The van der Waals surface area contributed by atoms with Gasteiger partial charge in [0.2, 0.25) is 5.91 Å². The second-order valence-corrected chi connectivity index (χ2v) is 4.71. The summed E-state index contributed by atoms with van der Waals surface area (Å²) >= 11 is 0. The molecule has 0 spiro atoms. The molecular formula is C13H23NO. The summed E-state index contributed by atoms with van der Waals surface area (Å²) in [5, 5.41) is 2.92. The van der Waals surface area contributed by atoms with Crippen LogP contribution in [-0.4, -0.2) is 12.5 Å². The molecule has 1 fully saturated rings. The molecular weight excluding hydrogens is 186 g/mol. The van der Waals surface area contributed by atoms with Crippen molar-refractivity contribution in [2.45, 2.75) is 46.0 Å². The van der Waals surface area contributed by atoms with E-state index in [1.807, 2.05) is 6.92 Å². The van der Waals surface area contributed by atoms with Gasteiger partial charge in [-0.15, -0.1) is 0 Å². The zero-order chi connectivity index (χ0) is 11.1. The number of hydrogen-bond donors (Lipinski definition) is 1. The van der Waals surface area contributed by atoms with Gasteiger partial charge < -0.3 is 5.32 Å². The third kappa shape index (κ3) is 5.01. The van der Waals surface area contributed by atoms with Crippen molar-refractivity contribution in [3.8, 4) is 0 Å². The van der Waals surface area contributed by atoms with Gasteiger partial charge in [-0.3, -0.25) is 4.79 Å². The predicted octanol–water partition coefficient (Wildman–Crippen LogP) is 2.90. The lowest BCUT2D eigenvalue weighted by atomic mass is 9.81. The van der Waals surface area contributed by atoms with Crippen molar-refractivity contribution in [2.75, 3.05) is 6.54 Å². The minimum Gasteiger partial charge on any atom is -0.353 e. The predicted molar refractivity (Wildman–Crippen MR) is 63.6 cm³/mol. The minimum absolute atomic E-state index is 0.0432. The van der Waals surface area contributed by atoms with E-state index in [1.54, 1.807) is 12.2 Å². The van der Waals surface area contributed by atoms with Crippen LogP contribution in [0.15, 0.2) is 12.2 Å². The molecule has 0 aliphatic heterocycles. The Bertz CT molecular complexity index is 215. The fourth-order valence-electron chi connectivity index (χ4n) is 2.23. The number of hydrogen-bond acceptors (Lipinski definition) is 1. The first-order valence-electron chi connectivity index (χ1n) is 6.13. The van der Waals surface area contributed by atoms with Crippen LogP contribution in [0.5, 0.6) is 0 Å². The van der Waals surface area contributed by atoms with Gasteiger partial charge in [-0.2, -0.15) is 0 Å². The molecule has 0 aromatic rings. The van der Waals surface area contributed by atoms with Gasteiger partial charge in [0.25, 0.3) is 0 Å². The molecule has 0 unspecified atom stereocenters. The molecule has 0 radical (unpaired) electrons. The van der Waals surface area contributed by atoms with Crippen LogP contribution in [0.3, 0.4) is 0 Å². The smallest absolute Gasteiger partial charge is 0.243 e. The Kier molecular flexibility index (Phi) is 5.44. The molecule has 1 saturated carbocycles. The normalized spacial score (nSPS) is 26.8. The quantitative estimate of drug-likeness (QED) is 0.709. The molecule has 2 heteroatoms. The van der Waals surface area contributed by atoms with Gasteiger partial charge >= 0.3 is 0 Å². The molecule has 1 aliphatic carbocycles. The monoisotopic (exact) mass is 209 g/mol. The summed E-state index contributed by atoms with van der Waals surface area (Å²) < 4.78 is 0. The van der Waals surface area contributed by atoms with Crippen LogP contribution in [0.4, 0.5) is 0 Å². The van der Waals surface area contributed by atoms with E-state index in [-0.39, 0.29) is 5.91 Å². The van der Waals surface area contributed by atoms with Crippen molar-refractivity contribution < 1.29 is 4.79 Å². The number of amides is 1. The Labute approximate surface area is 93.1 Å². The first-order chi connectivity index (χ1) is 7.22. The van der Waals surface area contributed by atoms with E-state index in [1.165, 1.54) is 25.7 Å². The highest BCUT2D eigenvalue weighted by atomic mass is 16.1. The third-order valence-electron chi connectivity index (χ3n) is 3.31. The molecule has 15 heavy (non-hydrogen) atoms. The highest BCUT2D eigenvalue weighted by molar-refractivity contribution is 5.87. The van der Waals surface area contributed by atoms with Gasteiger partial charge in [-0.1, -0.05) is 38.7 Å². The fourth-order valence-corrected chi connectivity index (χ4v) is 2.23. The van der Waals surface area contributed by atoms with Crippen molar-refractivity contribution in [2.24, 2.45) is 11.8 Å². The molecule has 0 bridgehead atoms. The van der Waals surface area contributed by atoms with E-state index in [0.29, 0.717) is 0 Å². The summed E-state index contributed by atoms with van der Waals surface area (Å²) in [5.41, 5.74) is 0. The Balaban J connectivity index is 2.07. The van der Waals surface area contributed by atoms with Crippen LogP contribution >= 0.6 is 0 Å². The van der Waals surface area contributed by atoms with E-state index < -0.39 is 0 Å². The van der Waals surface area contributed by atoms with Crippen LogP contribution < -0.4 is 5.32 Å². The maximum atomic E-state index is 11.1. The maximum absolute atomic E-state index is 11.1. The molecule has 1 N–H and O–H groups in total. The Morgan fingerprint density at radius 2 is 2.00 bits per heavy atom. The van der Waals surface area contributed by atoms with Gasteiger partial charge in [-0.05, 0) is 31.3 Å².